The van der Waals surface area contributed by atoms with Crippen LogP contribution in [-0.4, -0.2) is 67.3 Å². The molecule has 0 aromatic heterocycles. The van der Waals surface area contributed by atoms with Gasteiger partial charge in [-0.3, -0.25) is 4.79 Å². The number of β-amino-alcohol motifs (C(OH)–C–C–N with tert-alkyl or cyclic N) is 1. The standard InChI is InChI=1S/C18H28N2O3/c1-14-5-4-6-17(11-14)23-13-16(21)12-20-9-7-15(8-10-20)18(22)19(2)3/h4-6,11,15-16,21H,7-10,12-13H2,1-3H3. The first-order valence-electron chi connectivity index (χ1n) is 8.26. The zero-order valence-electron chi connectivity index (χ0n) is 14.4. The number of aliphatic hydroxyl groups excluding tert-OH is 1. The summed E-state index contributed by atoms with van der Waals surface area (Å²) >= 11 is 0. The summed E-state index contributed by atoms with van der Waals surface area (Å²) in [5.74, 6) is 1.13. The number of hydrogen-bond donors (Lipinski definition) is 1. The van der Waals surface area contributed by atoms with E-state index >= 15 is 0 Å². The fourth-order valence-electron chi connectivity index (χ4n) is 2.98. The van der Waals surface area contributed by atoms with Gasteiger partial charge in [0.2, 0.25) is 5.91 Å². The van der Waals surface area contributed by atoms with Crippen molar-refractivity contribution in [2.24, 2.45) is 5.92 Å². The first-order valence-corrected chi connectivity index (χ1v) is 8.26. The molecule has 0 bridgehead atoms. The van der Waals surface area contributed by atoms with E-state index < -0.39 is 6.10 Å². The summed E-state index contributed by atoms with van der Waals surface area (Å²) in [6.45, 7) is 4.61. The summed E-state index contributed by atoms with van der Waals surface area (Å²) in [5, 5.41) is 10.2. The number of rotatable bonds is 6. The smallest absolute Gasteiger partial charge is 0.225 e. The Kier molecular flexibility index (Phi) is 6.42. The molecule has 1 amide bonds. The van der Waals surface area contributed by atoms with Crippen molar-refractivity contribution >= 4 is 5.91 Å². The second-order valence-corrected chi connectivity index (χ2v) is 6.59. The summed E-state index contributed by atoms with van der Waals surface area (Å²) in [6, 6.07) is 7.83. The molecule has 1 atom stereocenters. The van der Waals surface area contributed by atoms with Crippen LogP contribution >= 0.6 is 0 Å². The zero-order chi connectivity index (χ0) is 16.8. The average molecular weight is 320 g/mol. The van der Waals surface area contributed by atoms with E-state index in [1.54, 1.807) is 19.0 Å². The number of benzene rings is 1. The highest BCUT2D eigenvalue weighted by Gasteiger charge is 2.26. The maximum absolute atomic E-state index is 12.0. The molecule has 5 heteroatoms. The second kappa shape index (κ2) is 8.31. The zero-order valence-corrected chi connectivity index (χ0v) is 14.4. The molecule has 1 aromatic rings. The van der Waals surface area contributed by atoms with Crippen molar-refractivity contribution < 1.29 is 14.6 Å². The van der Waals surface area contributed by atoms with Crippen LogP contribution in [0.1, 0.15) is 18.4 Å². The van der Waals surface area contributed by atoms with Gasteiger partial charge in [0.05, 0.1) is 0 Å². The number of amides is 1. The topological polar surface area (TPSA) is 53.0 Å². The molecule has 1 aromatic carbocycles. The number of aliphatic hydroxyl groups is 1. The Hall–Kier alpha value is -1.59. The number of piperidine rings is 1. The van der Waals surface area contributed by atoms with Crippen LogP contribution in [0.3, 0.4) is 0 Å². The van der Waals surface area contributed by atoms with E-state index in [-0.39, 0.29) is 11.8 Å². The summed E-state index contributed by atoms with van der Waals surface area (Å²) < 4.78 is 5.64. The first-order chi connectivity index (χ1) is 11.0. The molecule has 1 aliphatic heterocycles. The van der Waals surface area contributed by atoms with Crippen molar-refractivity contribution in [3.8, 4) is 5.75 Å². The van der Waals surface area contributed by atoms with Gasteiger partial charge >= 0.3 is 0 Å². The molecule has 1 unspecified atom stereocenters. The minimum atomic E-state index is -0.517. The Bertz CT molecular complexity index is 511. The predicted octanol–water partition coefficient (Wildman–Crippen LogP) is 1.53. The number of ether oxygens (including phenoxy) is 1. The van der Waals surface area contributed by atoms with Gasteiger partial charge in [0.25, 0.3) is 0 Å². The van der Waals surface area contributed by atoms with Gasteiger partial charge in [0.1, 0.15) is 18.5 Å². The number of hydrogen-bond acceptors (Lipinski definition) is 4. The number of likely N-dealkylation sites (tertiary alicyclic amines) is 1. The number of nitrogens with zero attached hydrogens (tertiary/aromatic N) is 2. The largest absolute Gasteiger partial charge is 0.491 e. The Morgan fingerprint density at radius 1 is 1.39 bits per heavy atom. The lowest BCUT2D eigenvalue weighted by Crippen LogP contribution is -2.43. The Balaban J connectivity index is 1.70. The van der Waals surface area contributed by atoms with Crippen molar-refractivity contribution in [2.75, 3.05) is 40.3 Å². The van der Waals surface area contributed by atoms with E-state index in [2.05, 4.69) is 4.90 Å². The van der Waals surface area contributed by atoms with Gasteiger partial charge in [-0.2, -0.15) is 0 Å². The molecule has 128 valence electrons. The van der Waals surface area contributed by atoms with Crippen LogP contribution in [0.15, 0.2) is 24.3 Å². The predicted molar refractivity (Wildman–Crippen MR) is 90.5 cm³/mol. The van der Waals surface area contributed by atoms with Gasteiger partial charge in [-0.05, 0) is 50.6 Å². The van der Waals surface area contributed by atoms with Crippen molar-refractivity contribution in [1.82, 2.24) is 9.80 Å². The number of carbonyl (C=O) groups excluding carboxylic acids is 1. The molecule has 1 fully saturated rings. The van der Waals surface area contributed by atoms with Gasteiger partial charge in [0.15, 0.2) is 0 Å². The maximum Gasteiger partial charge on any atom is 0.225 e. The van der Waals surface area contributed by atoms with Crippen LogP contribution in [-0.2, 0) is 4.79 Å². The fraction of sp³-hybridized carbons (Fsp3) is 0.611. The summed E-state index contributed by atoms with van der Waals surface area (Å²) in [5.41, 5.74) is 1.14. The van der Waals surface area contributed by atoms with Crippen LogP contribution in [0, 0.1) is 12.8 Å². The van der Waals surface area contributed by atoms with E-state index in [0.29, 0.717) is 13.2 Å². The van der Waals surface area contributed by atoms with Crippen LogP contribution in [0.4, 0.5) is 0 Å². The highest BCUT2D eigenvalue weighted by Crippen LogP contribution is 2.19. The van der Waals surface area contributed by atoms with E-state index in [1.807, 2.05) is 31.2 Å². The minimum absolute atomic E-state index is 0.127. The third-order valence-corrected chi connectivity index (χ3v) is 4.28. The quantitative estimate of drug-likeness (QED) is 0.864. The van der Waals surface area contributed by atoms with Gasteiger partial charge in [-0.15, -0.1) is 0 Å². The first kappa shape index (κ1) is 17.8. The normalized spacial score (nSPS) is 17.7. The van der Waals surface area contributed by atoms with Crippen molar-refractivity contribution in [2.45, 2.75) is 25.9 Å². The molecule has 0 saturated carbocycles. The second-order valence-electron chi connectivity index (χ2n) is 6.59. The highest BCUT2D eigenvalue weighted by atomic mass is 16.5. The van der Waals surface area contributed by atoms with Crippen molar-refractivity contribution in [3.63, 3.8) is 0 Å². The van der Waals surface area contributed by atoms with E-state index in [4.69, 9.17) is 4.74 Å². The summed E-state index contributed by atoms with van der Waals surface area (Å²) in [6.07, 6.45) is 1.21. The Morgan fingerprint density at radius 2 is 2.09 bits per heavy atom. The maximum atomic E-state index is 12.0. The molecule has 0 radical (unpaired) electrons. The highest BCUT2D eigenvalue weighted by molar-refractivity contribution is 5.78. The molecule has 1 N–H and O–H groups in total. The molecule has 0 spiro atoms. The van der Waals surface area contributed by atoms with E-state index in [0.717, 1.165) is 37.2 Å². The van der Waals surface area contributed by atoms with Gasteiger partial charge in [0, 0.05) is 26.6 Å². The van der Waals surface area contributed by atoms with E-state index in [9.17, 15) is 9.90 Å². The van der Waals surface area contributed by atoms with Crippen molar-refractivity contribution in [1.29, 1.82) is 0 Å². The van der Waals surface area contributed by atoms with Crippen molar-refractivity contribution in [3.05, 3.63) is 29.8 Å². The van der Waals surface area contributed by atoms with Crippen LogP contribution in [0.25, 0.3) is 0 Å². The molecular formula is C18H28N2O3. The molecule has 5 nitrogen and oxygen atoms in total. The Labute approximate surface area is 138 Å². The lowest BCUT2D eigenvalue weighted by molar-refractivity contribution is -0.134. The minimum Gasteiger partial charge on any atom is -0.491 e. The number of aryl methyl sites for hydroxylation is 1. The van der Waals surface area contributed by atoms with Crippen LogP contribution in [0.5, 0.6) is 5.75 Å². The third kappa shape index (κ3) is 5.52. The molecule has 1 aliphatic rings. The van der Waals surface area contributed by atoms with Crippen LogP contribution < -0.4 is 4.74 Å². The molecular weight excluding hydrogens is 292 g/mol. The Morgan fingerprint density at radius 3 is 2.70 bits per heavy atom. The molecule has 2 rings (SSSR count). The van der Waals surface area contributed by atoms with Gasteiger partial charge < -0.3 is 19.6 Å². The van der Waals surface area contributed by atoms with E-state index in [1.165, 1.54) is 0 Å². The van der Waals surface area contributed by atoms with Gasteiger partial charge in [-0.25, -0.2) is 0 Å². The number of carbonyl (C=O) groups is 1. The summed E-state index contributed by atoms with van der Waals surface area (Å²) in [7, 11) is 3.61. The molecule has 23 heavy (non-hydrogen) atoms. The fourth-order valence-corrected chi connectivity index (χ4v) is 2.98. The molecule has 1 saturated heterocycles. The SMILES string of the molecule is Cc1cccc(OCC(O)CN2CCC(C(=O)N(C)C)CC2)c1. The molecule has 1 heterocycles. The molecule has 0 aliphatic carbocycles. The third-order valence-electron chi connectivity index (χ3n) is 4.28. The average Bonchev–Trinajstić information content (AvgIpc) is 2.53. The van der Waals surface area contributed by atoms with Crippen LogP contribution in [0.2, 0.25) is 0 Å². The summed E-state index contributed by atoms with van der Waals surface area (Å²) in [4.78, 5) is 15.8. The van der Waals surface area contributed by atoms with Gasteiger partial charge in [-0.1, -0.05) is 12.1 Å². The lowest BCUT2D eigenvalue weighted by Gasteiger charge is -2.33. The lowest BCUT2D eigenvalue weighted by atomic mass is 9.95. The monoisotopic (exact) mass is 320 g/mol.